The summed E-state index contributed by atoms with van der Waals surface area (Å²) in [6, 6.07) is 14.2. The fraction of sp³-hybridized carbons (Fsp3) is 0.406. The van der Waals surface area contributed by atoms with Crippen molar-refractivity contribution in [2.75, 3.05) is 31.1 Å². The van der Waals surface area contributed by atoms with Gasteiger partial charge in [-0.2, -0.15) is 13.2 Å². The smallest absolute Gasteiger partial charge is 0.370 e. The zero-order valence-corrected chi connectivity index (χ0v) is 23.5. The number of amides is 2. The molecular weight excluding hydrogens is 548 g/mol. The lowest BCUT2D eigenvalue weighted by Gasteiger charge is -2.34. The number of likely N-dealkylation sites (tertiary alicyclic amines) is 1. The number of alkyl halides is 3. The Bertz CT molecular complexity index is 1420. The van der Waals surface area contributed by atoms with Crippen LogP contribution in [-0.4, -0.2) is 54.1 Å². The highest BCUT2D eigenvalue weighted by Gasteiger charge is 2.39. The first-order chi connectivity index (χ1) is 20.1. The van der Waals surface area contributed by atoms with E-state index in [1.807, 2.05) is 34.6 Å². The van der Waals surface area contributed by atoms with E-state index in [0.29, 0.717) is 43.6 Å². The van der Waals surface area contributed by atoms with Crippen LogP contribution >= 0.6 is 0 Å². The van der Waals surface area contributed by atoms with Crippen LogP contribution < -0.4 is 10.2 Å². The number of carbonyl (C=O) groups is 2. The molecule has 0 radical (unpaired) electrons. The van der Waals surface area contributed by atoms with Gasteiger partial charge in [-0.15, -0.1) is 0 Å². The van der Waals surface area contributed by atoms with Crippen molar-refractivity contribution in [3.05, 3.63) is 94.6 Å². The Labute approximate surface area is 242 Å². The van der Waals surface area contributed by atoms with Crippen LogP contribution in [0.4, 0.5) is 23.2 Å². The number of pyridine rings is 1. The third kappa shape index (κ3) is 6.58. The zero-order chi connectivity index (χ0) is 29.9. The summed E-state index contributed by atoms with van der Waals surface area (Å²) >= 11 is 0. The van der Waals surface area contributed by atoms with Crippen LogP contribution in [0.15, 0.2) is 60.9 Å². The van der Waals surface area contributed by atoms with Crippen LogP contribution in [0.2, 0.25) is 0 Å². The second-order valence-electron chi connectivity index (χ2n) is 11.1. The predicted molar refractivity (Wildman–Crippen MR) is 152 cm³/mol. The Morgan fingerprint density at radius 2 is 1.81 bits per heavy atom. The van der Waals surface area contributed by atoms with Gasteiger partial charge in [0.25, 0.3) is 0 Å². The van der Waals surface area contributed by atoms with Crippen LogP contribution in [0.5, 0.6) is 0 Å². The molecule has 42 heavy (non-hydrogen) atoms. The zero-order valence-electron chi connectivity index (χ0n) is 23.5. The molecule has 1 atom stereocenters. The number of fused-ring (bicyclic) bond motifs is 1. The number of hydrogen-bond donors (Lipinski definition) is 1. The van der Waals surface area contributed by atoms with Crippen LogP contribution in [0.1, 0.15) is 58.9 Å². The minimum Gasteiger partial charge on any atom is -0.370 e. The van der Waals surface area contributed by atoms with Crippen LogP contribution in [-0.2, 0) is 22.6 Å². The van der Waals surface area contributed by atoms with E-state index in [4.69, 9.17) is 0 Å². The Morgan fingerprint density at radius 3 is 2.52 bits per heavy atom. The highest BCUT2D eigenvalue weighted by atomic mass is 19.4. The molecule has 1 aromatic heterocycles. The molecular formula is C32H34F4N4O2. The first kappa shape index (κ1) is 29.5. The molecule has 2 aromatic carbocycles. The normalized spacial score (nSPS) is 17.3. The van der Waals surface area contributed by atoms with E-state index in [2.05, 4.69) is 28.9 Å². The number of anilines is 1. The molecule has 3 heterocycles. The van der Waals surface area contributed by atoms with Crippen LogP contribution in [0, 0.1) is 12.7 Å². The summed E-state index contributed by atoms with van der Waals surface area (Å²) in [5.41, 5.74) is 5.30. The number of para-hydroxylation sites is 1. The molecule has 3 aromatic rings. The van der Waals surface area contributed by atoms with Gasteiger partial charge < -0.3 is 15.1 Å². The van der Waals surface area contributed by atoms with E-state index in [1.54, 1.807) is 6.20 Å². The first-order valence-corrected chi connectivity index (χ1v) is 14.3. The lowest BCUT2D eigenvalue weighted by Crippen LogP contribution is -2.42. The van der Waals surface area contributed by atoms with Crippen molar-refractivity contribution in [3.63, 3.8) is 0 Å². The summed E-state index contributed by atoms with van der Waals surface area (Å²) in [7, 11) is 0. The summed E-state index contributed by atoms with van der Waals surface area (Å²) in [4.78, 5) is 33.3. The van der Waals surface area contributed by atoms with Crippen molar-refractivity contribution < 1.29 is 27.2 Å². The number of benzene rings is 2. The van der Waals surface area contributed by atoms with Gasteiger partial charge >= 0.3 is 12.1 Å². The lowest BCUT2D eigenvalue weighted by molar-refractivity contribution is -0.173. The SMILES string of the molecule is Cc1cccc2c1N(CCCc1cccnc1)CC2C(=O)N1CCC(c2cc(CNC(=O)C(F)(F)F)ccc2F)CC1. The topological polar surface area (TPSA) is 65.5 Å². The predicted octanol–water partition coefficient (Wildman–Crippen LogP) is 5.65. The largest absolute Gasteiger partial charge is 0.471 e. The van der Waals surface area contributed by atoms with E-state index in [1.165, 1.54) is 23.8 Å². The van der Waals surface area contributed by atoms with Gasteiger partial charge in [0, 0.05) is 50.8 Å². The fourth-order valence-electron chi connectivity index (χ4n) is 6.17. The summed E-state index contributed by atoms with van der Waals surface area (Å²) in [6.07, 6.45) is 1.61. The number of aromatic nitrogens is 1. The van der Waals surface area contributed by atoms with Gasteiger partial charge in [0.1, 0.15) is 5.82 Å². The minimum atomic E-state index is -4.97. The second-order valence-corrected chi connectivity index (χ2v) is 11.1. The Hall–Kier alpha value is -3.95. The molecule has 0 aliphatic carbocycles. The molecule has 1 fully saturated rings. The molecule has 2 aliphatic heterocycles. The summed E-state index contributed by atoms with van der Waals surface area (Å²) in [5, 5.41) is 1.83. The van der Waals surface area contributed by atoms with E-state index >= 15 is 0 Å². The number of rotatable bonds is 8. The highest BCUT2D eigenvalue weighted by molar-refractivity contribution is 5.89. The summed E-state index contributed by atoms with van der Waals surface area (Å²) in [6.45, 7) is 4.11. The van der Waals surface area contributed by atoms with Crippen molar-refractivity contribution in [2.45, 2.75) is 57.2 Å². The number of hydrogen-bond acceptors (Lipinski definition) is 4. The molecule has 0 spiro atoms. The average molecular weight is 583 g/mol. The number of nitrogens with zero attached hydrogens (tertiary/aromatic N) is 3. The molecule has 1 N–H and O–H groups in total. The molecule has 2 aliphatic rings. The number of carbonyl (C=O) groups excluding carboxylic acids is 2. The maximum absolute atomic E-state index is 14.7. The third-order valence-corrected chi connectivity index (χ3v) is 8.30. The van der Waals surface area contributed by atoms with Crippen molar-refractivity contribution in [1.29, 1.82) is 0 Å². The van der Waals surface area contributed by atoms with Gasteiger partial charge in [-0.1, -0.05) is 36.4 Å². The Morgan fingerprint density at radius 1 is 1.02 bits per heavy atom. The van der Waals surface area contributed by atoms with Crippen LogP contribution in [0.3, 0.4) is 0 Å². The van der Waals surface area contributed by atoms with Crippen molar-refractivity contribution in [3.8, 4) is 0 Å². The third-order valence-electron chi connectivity index (χ3n) is 8.30. The standard InChI is InChI=1S/C32H34F4N4O2/c1-21-5-2-8-25-27(20-40(29(21)25)14-4-7-22-6-3-13-37-18-22)30(41)39-15-11-24(12-16-39)26-17-23(9-10-28(26)33)19-38-31(42)32(34,35)36/h2-3,5-6,8-10,13,17-18,24,27H,4,7,11-12,14-16,19-20H2,1H3,(H,38,42). The van der Waals surface area contributed by atoms with Crippen molar-refractivity contribution >= 4 is 17.5 Å². The van der Waals surface area contributed by atoms with Gasteiger partial charge in [0.15, 0.2) is 0 Å². The number of aryl methyl sites for hydroxylation is 2. The van der Waals surface area contributed by atoms with Gasteiger partial charge in [0.2, 0.25) is 5.91 Å². The van der Waals surface area contributed by atoms with E-state index < -0.39 is 17.9 Å². The Kier molecular flexibility index (Phi) is 8.80. The average Bonchev–Trinajstić information content (AvgIpc) is 3.36. The Balaban J connectivity index is 1.21. The van der Waals surface area contributed by atoms with Crippen molar-refractivity contribution in [2.24, 2.45) is 0 Å². The molecule has 0 saturated carbocycles. The second kappa shape index (κ2) is 12.5. The lowest BCUT2D eigenvalue weighted by atomic mass is 9.87. The van der Waals surface area contributed by atoms with E-state index in [-0.39, 0.29) is 24.3 Å². The number of nitrogens with one attached hydrogen (secondary N) is 1. The first-order valence-electron chi connectivity index (χ1n) is 14.3. The quantitative estimate of drug-likeness (QED) is 0.349. The van der Waals surface area contributed by atoms with E-state index in [0.717, 1.165) is 36.2 Å². The monoisotopic (exact) mass is 582 g/mol. The molecule has 1 saturated heterocycles. The molecule has 222 valence electrons. The molecule has 2 amide bonds. The van der Waals surface area contributed by atoms with Crippen molar-refractivity contribution in [1.82, 2.24) is 15.2 Å². The van der Waals surface area contributed by atoms with Gasteiger partial charge in [0.05, 0.1) is 5.92 Å². The maximum Gasteiger partial charge on any atom is 0.471 e. The molecule has 6 nitrogen and oxygen atoms in total. The molecule has 5 rings (SSSR count). The van der Waals surface area contributed by atoms with Gasteiger partial charge in [-0.05, 0) is 78.5 Å². The fourth-order valence-corrected chi connectivity index (χ4v) is 6.17. The minimum absolute atomic E-state index is 0.0687. The van der Waals surface area contributed by atoms with E-state index in [9.17, 15) is 27.2 Å². The van der Waals surface area contributed by atoms with Gasteiger partial charge in [-0.25, -0.2) is 4.39 Å². The summed E-state index contributed by atoms with van der Waals surface area (Å²) < 4.78 is 52.3. The molecule has 10 heteroatoms. The molecule has 1 unspecified atom stereocenters. The van der Waals surface area contributed by atoms with Crippen LogP contribution in [0.25, 0.3) is 0 Å². The molecule has 0 bridgehead atoms. The van der Waals surface area contributed by atoms with Gasteiger partial charge in [-0.3, -0.25) is 14.6 Å². The number of piperidine rings is 1. The highest BCUT2D eigenvalue weighted by Crippen LogP contribution is 2.41. The maximum atomic E-state index is 14.7. The summed E-state index contributed by atoms with van der Waals surface area (Å²) in [5.74, 6) is -2.84. The number of halogens is 4.